The number of piperazine rings is 1. The zero-order valence-corrected chi connectivity index (χ0v) is 39.4. The fourth-order valence-electron chi connectivity index (χ4n) is 9.76. The normalized spacial score (nSPS) is 19.6. The van der Waals surface area contributed by atoms with E-state index < -0.39 is 20.9 Å². The second-order valence-corrected chi connectivity index (χ2v) is 21.9. The highest BCUT2D eigenvalue weighted by atomic mass is 35.5. The lowest BCUT2D eigenvalue weighted by Crippen LogP contribution is -2.47. The summed E-state index contributed by atoms with van der Waals surface area (Å²) in [7, 11) is -4.55. The summed E-state index contributed by atoms with van der Waals surface area (Å²) in [5.41, 5.74) is 6.16. The SMILES string of the molecule is CC1(C)CCC(CN2CCN(c3ccc(C(=O)NS(=O)(=O)c4cc5c(c([N+](=O)[O-])c4)C[C@@H](CCN4CCCCC4)CS5)c(Oc4cnc5[nH]ccc5c4)c3)CC2)=C(c2ccc(Cl)cc2)C1. The van der Waals surface area contributed by atoms with Crippen LogP contribution in [0.3, 0.4) is 0 Å². The summed E-state index contributed by atoms with van der Waals surface area (Å²) in [4.78, 5) is 41.0. The number of fused-ring (bicyclic) bond motifs is 2. The van der Waals surface area contributed by atoms with E-state index in [2.05, 4.69) is 55.4 Å². The van der Waals surface area contributed by atoms with Crippen LogP contribution in [-0.2, 0) is 16.4 Å². The number of H-pyrrole nitrogens is 1. The van der Waals surface area contributed by atoms with Crippen LogP contribution in [0.1, 0.15) is 80.3 Å². The molecule has 2 saturated heterocycles. The second kappa shape index (κ2) is 19.1. The summed E-state index contributed by atoms with van der Waals surface area (Å²) < 4.78 is 36.6. The zero-order valence-electron chi connectivity index (χ0n) is 37.0. The minimum atomic E-state index is -4.55. The molecule has 3 aliphatic heterocycles. The number of carbonyl (C=O) groups is 1. The van der Waals surface area contributed by atoms with E-state index in [-0.39, 0.29) is 33.2 Å². The van der Waals surface area contributed by atoms with E-state index >= 15 is 0 Å². The molecule has 4 aliphatic rings. The average Bonchev–Trinajstić information content (AvgIpc) is 3.77. The Morgan fingerprint density at radius 2 is 1.78 bits per heavy atom. The molecule has 5 heterocycles. The topological polar surface area (TPSA) is 154 Å². The number of likely N-dealkylation sites (tertiary alicyclic amines) is 1. The van der Waals surface area contributed by atoms with Gasteiger partial charge in [-0.05, 0) is 130 Å². The number of hydrogen-bond donors (Lipinski definition) is 2. The van der Waals surface area contributed by atoms with Crippen LogP contribution in [-0.4, -0.2) is 97.1 Å². The summed E-state index contributed by atoms with van der Waals surface area (Å²) in [6.45, 7) is 11.8. The highest BCUT2D eigenvalue weighted by molar-refractivity contribution is 7.99. The summed E-state index contributed by atoms with van der Waals surface area (Å²) in [6, 6.07) is 19.6. The van der Waals surface area contributed by atoms with Crippen LogP contribution in [0.2, 0.25) is 5.02 Å². The van der Waals surface area contributed by atoms with Crippen molar-refractivity contribution < 1.29 is 22.9 Å². The molecule has 0 spiro atoms. The van der Waals surface area contributed by atoms with Gasteiger partial charge in [-0.2, -0.15) is 0 Å². The summed E-state index contributed by atoms with van der Waals surface area (Å²) in [5, 5.41) is 14.0. The van der Waals surface area contributed by atoms with Crippen molar-refractivity contribution in [2.75, 3.05) is 63.0 Å². The number of anilines is 1. The number of piperidine rings is 1. The van der Waals surface area contributed by atoms with E-state index in [0.717, 1.165) is 106 Å². The first kappa shape index (κ1) is 45.2. The summed E-state index contributed by atoms with van der Waals surface area (Å²) in [6.07, 6.45) is 11.6. The number of halogens is 1. The van der Waals surface area contributed by atoms with E-state index in [9.17, 15) is 23.3 Å². The van der Waals surface area contributed by atoms with Crippen molar-refractivity contribution in [3.63, 3.8) is 0 Å². The van der Waals surface area contributed by atoms with Crippen LogP contribution in [0.25, 0.3) is 16.6 Å². The summed E-state index contributed by atoms with van der Waals surface area (Å²) in [5.74, 6) is 0.585. The lowest BCUT2D eigenvalue weighted by atomic mass is 9.72. The maximum atomic E-state index is 14.1. The van der Waals surface area contributed by atoms with Crippen molar-refractivity contribution in [3.05, 3.63) is 117 Å². The number of sulfonamides is 1. The van der Waals surface area contributed by atoms with Gasteiger partial charge in [0.25, 0.3) is 21.6 Å². The van der Waals surface area contributed by atoms with Crippen molar-refractivity contribution in [1.82, 2.24) is 24.5 Å². The number of pyridine rings is 1. The Bertz CT molecular complexity index is 2730. The molecule has 342 valence electrons. The van der Waals surface area contributed by atoms with Gasteiger partial charge in [-0.3, -0.25) is 19.8 Å². The summed E-state index contributed by atoms with van der Waals surface area (Å²) >= 11 is 7.70. The predicted octanol–water partition coefficient (Wildman–Crippen LogP) is 9.96. The molecule has 65 heavy (non-hydrogen) atoms. The van der Waals surface area contributed by atoms with E-state index in [1.807, 2.05) is 24.3 Å². The van der Waals surface area contributed by atoms with E-state index in [1.165, 1.54) is 53.8 Å². The third-order valence-corrected chi connectivity index (χ3v) is 16.4. The fourth-order valence-corrected chi connectivity index (χ4v) is 12.2. The van der Waals surface area contributed by atoms with Crippen molar-refractivity contribution in [1.29, 1.82) is 0 Å². The number of nitro groups is 1. The maximum absolute atomic E-state index is 14.1. The van der Waals surface area contributed by atoms with Gasteiger partial charge < -0.3 is 19.5 Å². The molecule has 2 N–H and O–H groups in total. The van der Waals surface area contributed by atoms with E-state index in [0.29, 0.717) is 28.3 Å². The highest BCUT2D eigenvalue weighted by Crippen LogP contribution is 2.44. The predicted molar refractivity (Wildman–Crippen MR) is 258 cm³/mol. The third kappa shape index (κ3) is 10.5. The largest absolute Gasteiger partial charge is 0.455 e. The number of ether oxygens (including phenoxy) is 1. The molecular weight excluding hydrogens is 882 g/mol. The molecule has 5 aromatic rings. The Morgan fingerprint density at radius 1 is 1.00 bits per heavy atom. The molecule has 0 radical (unpaired) electrons. The number of aromatic amines is 1. The Kier molecular flexibility index (Phi) is 13.3. The Balaban J connectivity index is 0.928. The molecule has 1 amide bonds. The Hall–Kier alpha value is -4.93. The molecule has 0 bridgehead atoms. The van der Waals surface area contributed by atoms with Gasteiger partial charge in [0.05, 0.1) is 21.6 Å². The Labute approximate surface area is 390 Å². The Morgan fingerprint density at radius 3 is 2.55 bits per heavy atom. The first-order valence-electron chi connectivity index (χ1n) is 22.7. The lowest BCUT2D eigenvalue weighted by molar-refractivity contribution is -0.386. The molecule has 2 aromatic heterocycles. The van der Waals surface area contributed by atoms with Crippen molar-refractivity contribution in [2.45, 2.75) is 75.0 Å². The number of amides is 1. The van der Waals surface area contributed by atoms with Crippen molar-refractivity contribution in [2.24, 2.45) is 11.3 Å². The molecule has 0 unspecified atom stereocenters. The van der Waals surface area contributed by atoms with Gasteiger partial charge in [0.1, 0.15) is 17.1 Å². The first-order valence-corrected chi connectivity index (χ1v) is 25.5. The zero-order chi connectivity index (χ0) is 45.3. The van der Waals surface area contributed by atoms with Crippen LogP contribution in [0.5, 0.6) is 11.5 Å². The molecule has 16 heteroatoms. The number of allylic oxidation sites excluding steroid dienone is 1. The third-order valence-electron chi connectivity index (χ3n) is 13.5. The number of thioether (sulfide) groups is 1. The quantitative estimate of drug-likeness (QED) is 0.0857. The number of nitrogens with zero attached hydrogens (tertiary/aromatic N) is 5. The van der Waals surface area contributed by atoms with Gasteiger partial charge in [-0.25, -0.2) is 18.1 Å². The van der Waals surface area contributed by atoms with E-state index in [1.54, 1.807) is 30.6 Å². The van der Waals surface area contributed by atoms with E-state index in [4.69, 9.17) is 16.3 Å². The first-order chi connectivity index (χ1) is 31.3. The molecule has 2 fully saturated rings. The molecule has 9 rings (SSSR count). The average molecular weight is 939 g/mol. The van der Waals surface area contributed by atoms with Gasteiger partial charge >= 0.3 is 0 Å². The van der Waals surface area contributed by atoms with Gasteiger partial charge in [0.2, 0.25) is 0 Å². The van der Waals surface area contributed by atoms with Crippen LogP contribution in [0.15, 0.2) is 94.5 Å². The van der Waals surface area contributed by atoms with Gasteiger partial charge in [0.15, 0.2) is 0 Å². The number of carbonyl (C=O) groups excluding carboxylic acids is 1. The number of hydrogen-bond acceptors (Lipinski definition) is 11. The molecule has 13 nitrogen and oxygen atoms in total. The highest BCUT2D eigenvalue weighted by Gasteiger charge is 2.33. The number of benzene rings is 3. The minimum Gasteiger partial charge on any atom is -0.455 e. The standard InChI is InChI=1S/C49H56ClN7O6S2/c1-49(2)15-12-36(43(29-49)34-6-8-37(50)9-7-34)31-55-20-22-56(23-21-55)38-10-11-41(45(26-38)63-39-25-35-13-16-51-47(35)52-30-39)48(58)53-65(61,62)40-27-44(57(59)60)42-24-33(32-64-46(42)28-40)14-19-54-17-4-3-5-18-54/h6-11,13,16,25-28,30,33H,3-5,12,14-15,17-24,29,31-32H2,1-2H3,(H,51,52)(H,53,58)/t33-/m1/s1. The van der Waals surface area contributed by atoms with Gasteiger partial charge in [-0.1, -0.05) is 49.6 Å². The smallest absolute Gasteiger partial charge is 0.275 e. The number of rotatable bonds is 13. The maximum Gasteiger partial charge on any atom is 0.275 e. The van der Waals surface area contributed by atoms with Crippen molar-refractivity contribution >= 4 is 67.3 Å². The lowest BCUT2D eigenvalue weighted by Gasteiger charge is -2.39. The van der Waals surface area contributed by atoms with Crippen LogP contribution < -0.4 is 14.4 Å². The molecule has 0 saturated carbocycles. The second-order valence-electron chi connectivity index (χ2n) is 18.7. The number of nitrogens with one attached hydrogen (secondary N) is 2. The molecule has 1 aliphatic carbocycles. The minimum absolute atomic E-state index is 0.00889. The van der Waals surface area contributed by atoms with Crippen LogP contribution >= 0.6 is 23.4 Å². The molecule has 3 aromatic carbocycles. The molecule has 1 atom stereocenters. The van der Waals surface area contributed by atoms with Gasteiger partial charge in [-0.15, -0.1) is 11.8 Å². The van der Waals surface area contributed by atoms with Gasteiger partial charge in [0, 0.05) is 83.4 Å². The number of nitro benzene ring substituents is 1. The van der Waals surface area contributed by atoms with Crippen LogP contribution in [0, 0.1) is 21.4 Å². The monoisotopic (exact) mass is 937 g/mol. The molecular formula is C49H56ClN7O6S2. The fraction of sp³-hybridized carbons (Fsp3) is 0.429. The number of aromatic nitrogens is 2. The van der Waals surface area contributed by atoms with Crippen LogP contribution in [0.4, 0.5) is 11.4 Å². The van der Waals surface area contributed by atoms with Crippen molar-refractivity contribution in [3.8, 4) is 11.5 Å².